The van der Waals surface area contributed by atoms with Crippen molar-refractivity contribution in [2.24, 2.45) is 5.92 Å². The smallest absolute Gasteiger partial charge is 0.230 e. The lowest BCUT2D eigenvalue weighted by Crippen LogP contribution is -2.42. The lowest BCUT2D eigenvalue weighted by atomic mass is 9.95. The lowest BCUT2D eigenvalue weighted by Gasteiger charge is -2.34. The average Bonchev–Trinajstić information content (AvgIpc) is 3.05. The van der Waals surface area contributed by atoms with Gasteiger partial charge in [-0.05, 0) is 52.9 Å². The molecule has 130 valence electrons. The molecule has 25 heavy (non-hydrogen) atoms. The number of para-hydroxylation sites is 1. The Balaban J connectivity index is 1.43. The fraction of sp³-hybridized carbons (Fsp3) is 0.368. The Hall–Kier alpha value is -1.95. The van der Waals surface area contributed by atoms with Crippen molar-refractivity contribution in [1.82, 2.24) is 4.98 Å². The van der Waals surface area contributed by atoms with Crippen molar-refractivity contribution in [3.63, 3.8) is 0 Å². The largest absolute Gasteiger partial charge is 0.354 e. The summed E-state index contributed by atoms with van der Waals surface area (Å²) in [6, 6.07) is 9.55. The lowest BCUT2D eigenvalue weighted by molar-refractivity contribution is -0.122. The minimum atomic E-state index is -0.326. The predicted molar refractivity (Wildman–Crippen MR) is 99.3 cm³/mol. The topological polar surface area (TPSA) is 36.4 Å². The average molecular weight is 404 g/mol. The minimum absolute atomic E-state index is 0.000848. The van der Waals surface area contributed by atoms with Gasteiger partial charge in [0.15, 0.2) is 11.6 Å². The van der Waals surface area contributed by atoms with Gasteiger partial charge in [0.1, 0.15) is 0 Å². The fourth-order valence-corrected chi connectivity index (χ4v) is 4.07. The number of hydrogen-bond acceptors (Lipinski definition) is 3. The SMILES string of the molecule is O=C(C1CCN(c2ncc(Br)cc2F)CC1)N1CCc2ccccc21. The number of amides is 1. The number of hydrogen-bond donors (Lipinski definition) is 0. The number of pyridine rings is 1. The van der Waals surface area contributed by atoms with Crippen molar-refractivity contribution < 1.29 is 9.18 Å². The molecule has 2 aliphatic heterocycles. The van der Waals surface area contributed by atoms with Crippen molar-refractivity contribution >= 4 is 33.3 Å². The van der Waals surface area contributed by atoms with Crippen LogP contribution in [0.1, 0.15) is 18.4 Å². The van der Waals surface area contributed by atoms with Crippen molar-refractivity contribution in [3.05, 3.63) is 52.4 Å². The first kappa shape index (κ1) is 16.5. The maximum Gasteiger partial charge on any atom is 0.230 e. The number of carbonyl (C=O) groups is 1. The van der Waals surface area contributed by atoms with Crippen LogP contribution >= 0.6 is 15.9 Å². The summed E-state index contributed by atoms with van der Waals surface area (Å²) in [5.41, 5.74) is 2.30. The molecule has 0 spiro atoms. The molecular formula is C19H19BrFN3O. The standard InChI is InChI=1S/C19H19BrFN3O/c20-15-11-16(21)18(22-12-15)23-8-5-14(6-9-23)19(25)24-10-7-13-3-1-2-4-17(13)24/h1-4,11-12,14H,5-10H2. The highest BCUT2D eigenvalue weighted by atomic mass is 79.9. The van der Waals surface area contributed by atoms with E-state index in [4.69, 9.17) is 0 Å². The van der Waals surface area contributed by atoms with Gasteiger partial charge in [-0.2, -0.15) is 0 Å². The van der Waals surface area contributed by atoms with Crippen LogP contribution in [-0.2, 0) is 11.2 Å². The van der Waals surface area contributed by atoms with Crippen LogP contribution in [-0.4, -0.2) is 30.5 Å². The highest BCUT2D eigenvalue weighted by Gasteiger charge is 2.33. The Labute approximate surface area is 154 Å². The summed E-state index contributed by atoms with van der Waals surface area (Å²) in [7, 11) is 0. The summed E-state index contributed by atoms with van der Waals surface area (Å²) in [4.78, 5) is 21.0. The van der Waals surface area contributed by atoms with Crippen LogP contribution in [0.2, 0.25) is 0 Å². The van der Waals surface area contributed by atoms with E-state index in [2.05, 4.69) is 27.0 Å². The first-order valence-electron chi connectivity index (χ1n) is 8.59. The number of rotatable bonds is 2. The monoisotopic (exact) mass is 403 g/mol. The quantitative estimate of drug-likeness (QED) is 0.765. The summed E-state index contributed by atoms with van der Waals surface area (Å²) in [5.74, 6) is 0.253. The van der Waals surface area contributed by atoms with Crippen molar-refractivity contribution in [1.29, 1.82) is 0 Å². The summed E-state index contributed by atoms with van der Waals surface area (Å²) in [5, 5.41) is 0. The summed E-state index contributed by atoms with van der Waals surface area (Å²) in [6.45, 7) is 2.07. The second kappa shape index (κ2) is 6.75. The van der Waals surface area contributed by atoms with Crippen molar-refractivity contribution in [2.75, 3.05) is 29.4 Å². The molecule has 1 fully saturated rings. The van der Waals surface area contributed by atoms with Gasteiger partial charge in [0.2, 0.25) is 5.91 Å². The maximum atomic E-state index is 14.1. The zero-order chi connectivity index (χ0) is 17.4. The second-order valence-corrected chi connectivity index (χ2v) is 7.50. The van der Waals surface area contributed by atoms with Gasteiger partial charge in [0.05, 0.1) is 0 Å². The van der Waals surface area contributed by atoms with E-state index in [-0.39, 0.29) is 17.6 Å². The van der Waals surface area contributed by atoms with Crippen molar-refractivity contribution in [2.45, 2.75) is 19.3 Å². The first-order chi connectivity index (χ1) is 12.1. The van der Waals surface area contributed by atoms with Crippen LogP contribution in [0.5, 0.6) is 0 Å². The Kier molecular flexibility index (Phi) is 4.46. The van der Waals surface area contributed by atoms with Crippen LogP contribution in [0.3, 0.4) is 0 Å². The molecule has 1 amide bonds. The third-order valence-corrected chi connectivity index (χ3v) is 5.52. The van der Waals surface area contributed by atoms with E-state index in [1.807, 2.05) is 28.0 Å². The molecule has 4 nitrogen and oxygen atoms in total. The number of aromatic nitrogens is 1. The molecular weight excluding hydrogens is 385 g/mol. The van der Waals surface area contributed by atoms with E-state index in [1.165, 1.54) is 11.6 Å². The van der Waals surface area contributed by atoms with Gasteiger partial charge in [0, 0.05) is 41.9 Å². The highest BCUT2D eigenvalue weighted by molar-refractivity contribution is 9.10. The number of anilines is 2. The Morgan fingerprint density at radius 1 is 1.20 bits per heavy atom. The highest BCUT2D eigenvalue weighted by Crippen LogP contribution is 2.32. The number of carbonyl (C=O) groups excluding carboxylic acids is 1. The number of nitrogens with zero attached hydrogens (tertiary/aromatic N) is 3. The molecule has 0 N–H and O–H groups in total. The van der Waals surface area contributed by atoms with Gasteiger partial charge in [-0.1, -0.05) is 18.2 Å². The Morgan fingerprint density at radius 2 is 1.96 bits per heavy atom. The van der Waals surface area contributed by atoms with Gasteiger partial charge >= 0.3 is 0 Å². The maximum absolute atomic E-state index is 14.1. The number of fused-ring (bicyclic) bond motifs is 1. The van der Waals surface area contributed by atoms with E-state index in [9.17, 15) is 9.18 Å². The van der Waals surface area contributed by atoms with Crippen LogP contribution in [0.15, 0.2) is 41.0 Å². The van der Waals surface area contributed by atoms with Crippen molar-refractivity contribution in [3.8, 4) is 0 Å². The van der Waals surface area contributed by atoms with Crippen LogP contribution in [0.25, 0.3) is 0 Å². The Bertz CT molecular complexity index is 805. The molecule has 2 aromatic rings. The van der Waals surface area contributed by atoms with E-state index >= 15 is 0 Å². The van der Waals surface area contributed by atoms with E-state index in [1.54, 1.807) is 6.20 Å². The molecule has 4 rings (SSSR count). The summed E-state index contributed by atoms with van der Waals surface area (Å²) < 4.78 is 14.7. The number of halogens is 2. The van der Waals surface area contributed by atoms with Gasteiger partial charge in [-0.15, -0.1) is 0 Å². The molecule has 3 heterocycles. The molecule has 2 aliphatic rings. The van der Waals surface area contributed by atoms with Crippen LogP contribution in [0, 0.1) is 11.7 Å². The first-order valence-corrected chi connectivity index (χ1v) is 9.38. The van der Waals surface area contributed by atoms with E-state index in [0.717, 1.165) is 31.5 Å². The molecule has 0 unspecified atom stereocenters. The molecule has 1 aromatic heterocycles. The molecule has 0 bridgehead atoms. The van der Waals surface area contributed by atoms with Gasteiger partial charge in [0.25, 0.3) is 0 Å². The minimum Gasteiger partial charge on any atom is -0.354 e. The third-order valence-electron chi connectivity index (χ3n) is 5.09. The summed E-state index contributed by atoms with van der Waals surface area (Å²) >= 11 is 3.23. The number of piperidine rings is 1. The van der Waals surface area contributed by atoms with E-state index in [0.29, 0.717) is 23.4 Å². The third kappa shape index (κ3) is 3.15. The van der Waals surface area contributed by atoms with Gasteiger partial charge < -0.3 is 9.80 Å². The van der Waals surface area contributed by atoms with Gasteiger partial charge in [-0.3, -0.25) is 4.79 Å². The number of benzene rings is 1. The van der Waals surface area contributed by atoms with Crippen LogP contribution in [0.4, 0.5) is 15.9 Å². The fourth-order valence-electron chi connectivity index (χ4n) is 3.77. The predicted octanol–water partition coefficient (Wildman–Crippen LogP) is 3.79. The van der Waals surface area contributed by atoms with Gasteiger partial charge in [-0.25, -0.2) is 9.37 Å². The molecule has 0 atom stereocenters. The molecule has 0 aliphatic carbocycles. The molecule has 1 saturated heterocycles. The molecule has 1 aromatic carbocycles. The molecule has 0 saturated carbocycles. The zero-order valence-corrected chi connectivity index (χ0v) is 15.4. The summed E-state index contributed by atoms with van der Waals surface area (Å²) in [6.07, 6.45) is 4.00. The van der Waals surface area contributed by atoms with Crippen LogP contribution < -0.4 is 9.80 Å². The van der Waals surface area contributed by atoms with E-state index < -0.39 is 0 Å². The molecule has 6 heteroatoms. The zero-order valence-electron chi connectivity index (χ0n) is 13.8. The normalized spacial score (nSPS) is 17.7. The second-order valence-electron chi connectivity index (χ2n) is 6.59. The molecule has 0 radical (unpaired) electrons. The Morgan fingerprint density at radius 3 is 2.72 bits per heavy atom.